The third-order valence-corrected chi connectivity index (χ3v) is 6.11. The summed E-state index contributed by atoms with van der Waals surface area (Å²) in [7, 11) is 6.40. The molecule has 0 saturated carbocycles. The number of ether oxygens (including phenoxy) is 4. The maximum atomic E-state index is 13.6. The number of hydrogen-bond acceptors (Lipinski definition) is 5. The minimum absolute atomic E-state index is 0.0500. The second-order valence-electron chi connectivity index (χ2n) is 7.50. The van der Waals surface area contributed by atoms with Crippen molar-refractivity contribution in [2.24, 2.45) is 0 Å². The number of aromatic nitrogens is 1. The van der Waals surface area contributed by atoms with Crippen LogP contribution >= 0.6 is 11.6 Å². The van der Waals surface area contributed by atoms with Crippen molar-refractivity contribution >= 4 is 43.9 Å². The average molecular weight is 456 g/mol. The molecular formula is C25H26ClNO5. The van der Waals surface area contributed by atoms with Gasteiger partial charge in [-0.1, -0.05) is 0 Å². The van der Waals surface area contributed by atoms with Crippen molar-refractivity contribution in [1.82, 2.24) is 4.57 Å². The third-order valence-electron chi connectivity index (χ3n) is 5.84. The number of hydrogen-bond donors (Lipinski definition) is 0. The Morgan fingerprint density at radius 2 is 1.19 bits per heavy atom. The topological polar surface area (TPSA) is 58.9 Å². The Morgan fingerprint density at radius 1 is 0.719 bits per heavy atom. The number of pyridine rings is 1. The van der Waals surface area contributed by atoms with E-state index in [9.17, 15) is 4.79 Å². The predicted octanol–water partition coefficient (Wildman–Crippen LogP) is 5.36. The van der Waals surface area contributed by atoms with Crippen LogP contribution in [0.3, 0.4) is 0 Å². The lowest BCUT2D eigenvalue weighted by molar-refractivity contribution is 0.355. The molecule has 1 aromatic heterocycles. The fourth-order valence-electron chi connectivity index (χ4n) is 4.25. The zero-order chi connectivity index (χ0) is 22.8. The smallest absolute Gasteiger partial charge is 0.259 e. The second-order valence-corrected chi connectivity index (χ2v) is 7.88. The molecule has 168 valence electrons. The quantitative estimate of drug-likeness (QED) is 0.203. The molecule has 4 rings (SSSR count). The highest BCUT2D eigenvalue weighted by atomic mass is 35.5. The van der Waals surface area contributed by atoms with Gasteiger partial charge in [-0.15, -0.1) is 11.6 Å². The normalized spacial score (nSPS) is 11.3. The zero-order valence-corrected chi connectivity index (χ0v) is 19.4. The highest BCUT2D eigenvalue weighted by Gasteiger charge is 2.18. The standard InChI is InChI=1S/C25H26ClNO5/c1-29-20-11-16-15-7-10-27(9-6-5-8-26)25(28)24(15)19-14-23(32-4)22(31-3)13-18(19)17(16)12-21(20)30-2/h7,10-14H,5-6,8-9H2,1-4H3. The first-order valence-corrected chi connectivity index (χ1v) is 10.9. The van der Waals surface area contributed by atoms with E-state index in [1.165, 1.54) is 0 Å². The van der Waals surface area contributed by atoms with E-state index in [1.54, 1.807) is 33.0 Å². The Bertz CT molecular complexity index is 1360. The molecule has 0 aliphatic heterocycles. The van der Waals surface area contributed by atoms with E-state index in [2.05, 4.69) is 0 Å². The van der Waals surface area contributed by atoms with E-state index < -0.39 is 0 Å². The first-order chi connectivity index (χ1) is 15.6. The van der Waals surface area contributed by atoms with Gasteiger partial charge in [0.2, 0.25) is 0 Å². The molecule has 0 atom stereocenters. The molecule has 0 radical (unpaired) electrons. The first-order valence-electron chi connectivity index (χ1n) is 10.4. The molecule has 0 aliphatic carbocycles. The average Bonchev–Trinajstić information content (AvgIpc) is 2.83. The summed E-state index contributed by atoms with van der Waals surface area (Å²) in [5.74, 6) is 2.96. The summed E-state index contributed by atoms with van der Waals surface area (Å²) in [4.78, 5) is 13.6. The van der Waals surface area contributed by atoms with Gasteiger partial charge in [-0.25, -0.2) is 0 Å². The lowest BCUT2D eigenvalue weighted by atomic mass is 9.94. The third kappa shape index (κ3) is 3.58. The summed E-state index contributed by atoms with van der Waals surface area (Å²) < 4.78 is 23.9. The highest BCUT2D eigenvalue weighted by Crippen LogP contribution is 2.43. The Morgan fingerprint density at radius 3 is 1.69 bits per heavy atom. The maximum Gasteiger partial charge on any atom is 0.259 e. The molecule has 0 aliphatic rings. The van der Waals surface area contributed by atoms with Crippen LogP contribution in [-0.2, 0) is 6.54 Å². The molecule has 0 spiro atoms. The van der Waals surface area contributed by atoms with Crippen molar-refractivity contribution in [2.45, 2.75) is 19.4 Å². The lowest BCUT2D eigenvalue weighted by Gasteiger charge is -2.17. The van der Waals surface area contributed by atoms with Crippen molar-refractivity contribution < 1.29 is 18.9 Å². The van der Waals surface area contributed by atoms with Crippen LogP contribution in [0, 0.1) is 0 Å². The molecule has 4 aromatic rings. The molecule has 0 amide bonds. The summed E-state index contributed by atoms with van der Waals surface area (Å²) in [6.07, 6.45) is 3.54. The molecule has 0 saturated heterocycles. The van der Waals surface area contributed by atoms with Crippen molar-refractivity contribution in [1.29, 1.82) is 0 Å². The summed E-state index contributed by atoms with van der Waals surface area (Å²) >= 11 is 5.83. The van der Waals surface area contributed by atoms with Crippen molar-refractivity contribution in [3.63, 3.8) is 0 Å². The van der Waals surface area contributed by atoms with Gasteiger partial charge in [0.05, 0.1) is 33.8 Å². The largest absolute Gasteiger partial charge is 0.493 e. The number of benzene rings is 3. The summed E-state index contributed by atoms with van der Waals surface area (Å²) in [6, 6.07) is 9.63. The van der Waals surface area contributed by atoms with Crippen molar-refractivity contribution in [3.8, 4) is 23.0 Å². The summed E-state index contributed by atoms with van der Waals surface area (Å²) in [5, 5.41) is 5.00. The minimum Gasteiger partial charge on any atom is -0.493 e. The number of halogens is 1. The number of alkyl halides is 1. The van der Waals surface area contributed by atoms with E-state index in [1.807, 2.05) is 36.5 Å². The zero-order valence-electron chi connectivity index (χ0n) is 18.7. The van der Waals surface area contributed by atoms with Crippen LogP contribution in [0.25, 0.3) is 32.3 Å². The predicted molar refractivity (Wildman–Crippen MR) is 129 cm³/mol. The van der Waals surface area contributed by atoms with Crippen LogP contribution < -0.4 is 24.5 Å². The molecule has 0 N–H and O–H groups in total. The van der Waals surface area contributed by atoms with E-state index in [4.69, 9.17) is 30.5 Å². The van der Waals surface area contributed by atoms with Gasteiger partial charge in [-0.3, -0.25) is 4.79 Å². The molecule has 0 bridgehead atoms. The van der Waals surface area contributed by atoms with Gasteiger partial charge >= 0.3 is 0 Å². The molecular weight excluding hydrogens is 430 g/mol. The Kier molecular flexibility index (Phi) is 6.33. The Hall–Kier alpha value is -3.12. The molecule has 1 heterocycles. The first kappa shape index (κ1) is 22.1. The van der Waals surface area contributed by atoms with Crippen molar-refractivity contribution in [3.05, 3.63) is 46.9 Å². The van der Waals surface area contributed by atoms with Gasteiger partial charge in [0.1, 0.15) is 0 Å². The van der Waals surface area contributed by atoms with Crippen LogP contribution in [0.4, 0.5) is 0 Å². The number of aryl methyl sites for hydroxylation is 1. The number of methoxy groups -OCH3 is 4. The summed E-state index contributed by atoms with van der Waals surface area (Å²) in [5.41, 5.74) is -0.0500. The van der Waals surface area contributed by atoms with Crippen LogP contribution in [0.15, 0.2) is 41.3 Å². The van der Waals surface area contributed by atoms with Crippen LogP contribution in [0.2, 0.25) is 0 Å². The number of unbranched alkanes of at least 4 members (excludes halogenated alkanes) is 1. The van der Waals surface area contributed by atoms with E-state index in [0.29, 0.717) is 40.8 Å². The molecule has 6 nitrogen and oxygen atoms in total. The maximum absolute atomic E-state index is 13.6. The fraction of sp³-hybridized carbons (Fsp3) is 0.320. The molecule has 3 aromatic carbocycles. The van der Waals surface area contributed by atoms with E-state index in [-0.39, 0.29) is 5.56 Å². The van der Waals surface area contributed by atoms with Gasteiger partial charge in [0.15, 0.2) is 23.0 Å². The van der Waals surface area contributed by atoms with Crippen molar-refractivity contribution in [2.75, 3.05) is 34.3 Å². The fourth-order valence-corrected chi connectivity index (χ4v) is 4.43. The summed E-state index contributed by atoms with van der Waals surface area (Å²) in [6.45, 7) is 0.611. The highest BCUT2D eigenvalue weighted by molar-refractivity contribution is 6.26. The number of fused-ring (bicyclic) bond motifs is 6. The molecule has 0 unspecified atom stereocenters. The van der Waals surface area contributed by atoms with Crippen LogP contribution in [0.5, 0.6) is 23.0 Å². The van der Waals surface area contributed by atoms with Gasteiger partial charge in [-0.05, 0) is 70.1 Å². The molecule has 32 heavy (non-hydrogen) atoms. The monoisotopic (exact) mass is 455 g/mol. The molecule has 7 heteroatoms. The number of rotatable bonds is 8. The second kappa shape index (κ2) is 9.17. The Balaban J connectivity index is 2.18. The van der Waals surface area contributed by atoms with Crippen LogP contribution in [-0.4, -0.2) is 38.9 Å². The van der Waals surface area contributed by atoms with Gasteiger partial charge in [0, 0.05) is 18.6 Å². The number of nitrogens with zero attached hydrogens (tertiary/aromatic N) is 1. The van der Waals surface area contributed by atoms with Crippen LogP contribution in [0.1, 0.15) is 12.8 Å². The van der Waals surface area contributed by atoms with E-state index in [0.717, 1.165) is 39.8 Å². The van der Waals surface area contributed by atoms with Gasteiger partial charge in [0.25, 0.3) is 5.56 Å². The SMILES string of the molecule is COc1cc2c(cc1OC)c1ccn(CCCCCl)c(=O)c1c1cc(OC)c(OC)cc21. The Labute approximate surface area is 191 Å². The van der Waals surface area contributed by atoms with Gasteiger partial charge < -0.3 is 23.5 Å². The van der Waals surface area contributed by atoms with E-state index >= 15 is 0 Å². The lowest BCUT2D eigenvalue weighted by Crippen LogP contribution is -2.20. The van der Waals surface area contributed by atoms with Gasteiger partial charge in [-0.2, -0.15) is 0 Å². The molecule has 0 fully saturated rings. The minimum atomic E-state index is -0.0500.